The van der Waals surface area contributed by atoms with Gasteiger partial charge in [-0.05, 0) is 38.0 Å². The largest absolute Gasteiger partial charge is 0.487 e. The molecule has 1 aromatic carbocycles. The van der Waals surface area contributed by atoms with Gasteiger partial charge in [0, 0.05) is 19.0 Å². The summed E-state index contributed by atoms with van der Waals surface area (Å²) < 4.78 is 11.3. The zero-order valence-corrected chi connectivity index (χ0v) is 14.4. The van der Waals surface area contributed by atoms with Crippen molar-refractivity contribution in [2.75, 3.05) is 13.7 Å². The van der Waals surface area contributed by atoms with Crippen molar-refractivity contribution >= 4 is 0 Å². The van der Waals surface area contributed by atoms with Gasteiger partial charge in [-0.25, -0.2) is 0 Å². The molecule has 0 radical (unpaired) electrons. The van der Waals surface area contributed by atoms with Gasteiger partial charge in [-0.2, -0.15) is 0 Å². The topological polar surface area (TPSA) is 21.7 Å². The fourth-order valence-electron chi connectivity index (χ4n) is 2.30. The van der Waals surface area contributed by atoms with Crippen molar-refractivity contribution in [2.24, 2.45) is 0 Å². The highest BCUT2D eigenvalue weighted by molar-refractivity contribution is 5.41. The van der Waals surface area contributed by atoms with Gasteiger partial charge in [-0.3, -0.25) is 0 Å². The summed E-state index contributed by atoms with van der Waals surface area (Å²) in [6, 6.07) is 10.1. The summed E-state index contributed by atoms with van der Waals surface area (Å²) in [6.45, 7) is 11.5. The van der Waals surface area contributed by atoms with Crippen molar-refractivity contribution in [1.82, 2.24) is 4.90 Å². The highest BCUT2D eigenvalue weighted by Gasteiger charge is 2.20. The second-order valence-corrected chi connectivity index (χ2v) is 5.82. The number of hydrogen-bond donors (Lipinski definition) is 0. The normalized spacial score (nSPS) is 14.3. The fraction of sp³-hybridized carbons (Fsp3) is 0.300. The van der Waals surface area contributed by atoms with Gasteiger partial charge in [-0.1, -0.05) is 42.5 Å². The van der Waals surface area contributed by atoms with Crippen LogP contribution >= 0.6 is 0 Å². The number of ether oxygens (including phenoxy) is 2. The van der Waals surface area contributed by atoms with E-state index >= 15 is 0 Å². The number of allylic oxidation sites excluding steroid dienone is 2. The summed E-state index contributed by atoms with van der Waals surface area (Å²) in [7, 11) is 1.70. The number of benzene rings is 1. The van der Waals surface area contributed by atoms with E-state index in [0.29, 0.717) is 13.2 Å². The summed E-state index contributed by atoms with van der Waals surface area (Å²) in [5.41, 5.74) is 5.43. The second-order valence-electron chi connectivity index (χ2n) is 5.82. The van der Waals surface area contributed by atoms with E-state index in [2.05, 4.69) is 50.6 Å². The molecule has 0 atom stereocenters. The second kappa shape index (κ2) is 7.84. The van der Waals surface area contributed by atoms with E-state index < -0.39 is 0 Å². The maximum atomic E-state index is 6.02. The number of nitrogens with zero attached hydrogens (tertiary/aromatic N) is 1. The highest BCUT2D eigenvalue weighted by Crippen LogP contribution is 2.29. The number of methoxy groups -OCH3 is 1. The SMILES string of the molecule is C=C1C(OCc2ccccc2)=CC(COC)=CN1C(C)=C(C)C. The van der Waals surface area contributed by atoms with Gasteiger partial charge < -0.3 is 14.4 Å². The van der Waals surface area contributed by atoms with Crippen LogP contribution in [0.4, 0.5) is 0 Å². The minimum atomic E-state index is 0.521. The molecule has 23 heavy (non-hydrogen) atoms. The van der Waals surface area contributed by atoms with Crippen LogP contribution in [0.1, 0.15) is 26.3 Å². The van der Waals surface area contributed by atoms with Crippen LogP contribution in [0.15, 0.2) is 77.5 Å². The van der Waals surface area contributed by atoms with E-state index in [1.165, 1.54) is 5.57 Å². The smallest absolute Gasteiger partial charge is 0.143 e. The summed E-state index contributed by atoms with van der Waals surface area (Å²) in [6.07, 6.45) is 4.06. The molecule has 0 saturated carbocycles. The third kappa shape index (κ3) is 4.36. The lowest BCUT2D eigenvalue weighted by Gasteiger charge is -2.30. The summed E-state index contributed by atoms with van der Waals surface area (Å²) in [4.78, 5) is 2.07. The van der Waals surface area contributed by atoms with Gasteiger partial charge in [0.2, 0.25) is 0 Å². The molecule has 1 heterocycles. The van der Waals surface area contributed by atoms with Crippen LogP contribution in [-0.2, 0) is 16.1 Å². The highest BCUT2D eigenvalue weighted by atomic mass is 16.5. The maximum Gasteiger partial charge on any atom is 0.143 e. The molecule has 0 fully saturated rings. The van der Waals surface area contributed by atoms with Crippen LogP contribution in [0.25, 0.3) is 0 Å². The number of rotatable bonds is 6. The molecule has 0 amide bonds. The van der Waals surface area contributed by atoms with Gasteiger partial charge >= 0.3 is 0 Å². The van der Waals surface area contributed by atoms with Crippen LogP contribution in [-0.4, -0.2) is 18.6 Å². The van der Waals surface area contributed by atoms with Gasteiger partial charge in [-0.15, -0.1) is 0 Å². The van der Waals surface area contributed by atoms with Crippen molar-refractivity contribution in [3.8, 4) is 0 Å². The lowest BCUT2D eigenvalue weighted by Crippen LogP contribution is -2.22. The van der Waals surface area contributed by atoms with Crippen LogP contribution < -0.4 is 0 Å². The minimum Gasteiger partial charge on any atom is -0.487 e. The average Bonchev–Trinajstić information content (AvgIpc) is 2.55. The first kappa shape index (κ1) is 17.1. The van der Waals surface area contributed by atoms with Crippen LogP contribution in [0.2, 0.25) is 0 Å². The third-order valence-electron chi connectivity index (χ3n) is 3.82. The molecule has 0 aromatic heterocycles. The first-order valence-corrected chi connectivity index (χ1v) is 7.73. The molecular formula is C20H25NO2. The quantitative estimate of drug-likeness (QED) is 0.756. The molecule has 122 valence electrons. The van der Waals surface area contributed by atoms with E-state index in [-0.39, 0.29) is 0 Å². The Morgan fingerprint density at radius 1 is 1.09 bits per heavy atom. The Kier molecular flexibility index (Phi) is 5.83. The molecule has 1 aliphatic rings. The maximum absolute atomic E-state index is 6.02. The van der Waals surface area contributed by atoms with Crippen molar-refractivity contribution in [3.05, 3.63) is 83.0 Å². The molecule has 0 N–H and O–H groups in total. The van der Waals surface area contributed by atoms with Gasteiger partial charge in [0.1, 0.15) is 12.4 Å². The first-order valence-electron chi connectivity index (χ1n) is 7.73. The van der Waals surface area contributed by atoms with E-state index in [0.717, 1.165) is 28.3 Å². The number of hydrogen-bond acceptors (Lipinski definition) is 3. The first-order chi connectivity index (χ1) is 11.0. The molecule has 1 aromatic rings. The van der Waals surface area contributed by atoms with Gasteiger partial charge in [0.25, 0.3) is 0 Å². The minimum absolute atomic E-state index is 0.521. The molecule has 0 spiro atoms. The Bertz CT molecular complexity index is 649. The zero-order chi connectivity index (χ0) is 16.8. The molecule has 0 unspecified atom stereocenters. The summed E-state index contributed by atoms with van der Waals surface area (Å²) >= 11 is 0. The van der Waals surface area contributed by atoms with Crippen molar-refractivity contribution < 1.29 is 9.47 Å². The van der Waals surface area contributed by atoms with Crippen molar-refractivity contribution in [2.45, 2.75) is 27.4 Å². The monoisotopic (exact) mass is 311 g/mol. The summed E-state index contributed by atoms with van der Waals surface area (Å²) in [5.74, 6) is 0.781. The van der Waals surface area contributed by atoms with Crippen LogP contribution in [0.5, 0.6) is 0 Å². The van der Waals surface area contributed by atoms with Crippen molar-refractivity contribution in [1.29, 1.82) is 0 Å². The zero-order valence-electron chi connectivity index (χ0n) is 14.4. The van der Waals surface area contributed by atoms with Gasteiger partial charge in [0.15, 0.2) is 0 Å². The van der Waals surface area contributed by atoms with E-state index in [1.54, 1.807) is 7.11 Å². The Hall–Kier alpha value is -2.26. The Balaban J connectivity index is 2.21. The molecule has 0 saturated heterocycles. The Labute approximate surface area is 139 Å². The predicted octanol–water partition coefficient (Wildman–Crippen LogP) is 4.76. The van der Waals surface area contributed by atoms with E-state index in [4.69, 9.17) is 9.47 Å². The predicted molar refractivity (Wildman–Crippen MR) is 94.3 cm³/mol. The molecule has 1 aliphatic heterocycles. The molecule has 0 aliphatic carbocycles. The van der Waals surface area contributed by atoms with Crippen LogP contribution in [0, 0.1) is 0 Å². The van der Waals surface area contributed by atoms with E-state index in [1.807, 2.05) is 24.3 Å². The molecule has 3 nitrogen and oxygen atoms in total. The van der Waals surface area contributed by atoms with Crippen molar-refractivity contribution in [3.63, 3.8) is 0 Å². The molecule has 3 heteroatoms. The Morgan fingerprint density at radius 2 is 1.78 bits per heavy atom. The fourth-order valence-corrected chi connectivity index (χ4v) is 2.30. The molecule has 0 bridgehead atoms. The standard InChI is InChI=1S/C20H25NO2/c1-15(2)16(3)21-12-19(13-22-5)11-20(17(21)4)23-14-18-9-7-6-8-10-18/h6-12H,4,13-14H2,1-3,5H3. The third-order valence-corrected chi connectivity index (χ3v) is 3.82. The van der Waals surface area contributed by atoms with Gasteiger partial charge in [0.05, 0.1) is 12.3 Å². The average molecular weight is 311 g/mol. The van der Waals surface area contributed by atoms with E-state index in [9.17, 15) is 0 Å². The molecule has 2 rings (SSSR count). The van der Waals surface area contributed by atoms with Crippen LogP contribution in [0.3, 0.4) is 0 Å². The lowest BCUT2D eigenvalue weighted by molar-refractivity contribution is 0.190. The summed E-state index contributed by atoms with van der Waals surface area (Å²) in [5, 5.41) is 0. The molecular weight excluding hydrogens is 286 g/mol. The Morgan fingerprint density at radius 3 is 2.39 bits per heavy atom. The lowest BCUT2D eigenvalue weighted by atomic mass is 10.1.